The van der Waals surface area contributed by atoms with Gasteiger partial charge in [-0.05, 0) is 43.9 Å². The average molecular weight is 301 g/mol. The highest BCUT2D eigenvalue weighted by Gasteiger charge is 2.21. The zero-order valence-electron chi connectivity index (χ0n) is 10.7. The number of rotatable bonds is 3. The summed E-state index contributed by atoms with van der Waals surface area (Å²) in [6, 6.07) is 2.89. The van der Waals surface area contributed by atoms with E-state index >= 15 is 0 Å². The third kappa shape index (κ3) is 3.29. The van der Waals surface area contributed by atoms with Gasteiger partial charge in [-0.3, -0.25) is 0 Å². The Hall–Kier alpha value is -1.04. The molecule has 0 fully saturated rings. The van der Waals surface area contributed by atoms with Crippen LogP contribution in [0, 0.1) is 6.92 Å². The molecule has 104 valence electrons. The van der Waals surface area contributed by atoms with E-state index in [0.717, 1.165) is 19.3 Å². The Labute approximate surface area is 118 Å². The molecule has 1 aromatic carbocycles. The average Bonchev–Trinajstić information content (AvgIpc) is 2.36. The highest BCUT2D eigenvalue weighted by atomic mass is 35.5. The number of allylic oxidation sites excluding steroid dienone is 1. The maximum absolute atomic E-state index is 12.3. The predicted molar refractivity (Wildman–Crippen MR) is 77.7 cm³/mol. The van der Waals surface area contributed by atoms with Crippen LogP contribution in [0.3, 0.4) is 0 Å². The molecule has 0 saturated carbocycles. The summed E-state index contributed by atoms with van der Waals surface area (Å²) < 4.78 is 27.3. The van der Waals surface area contributed by atoms with E-state index in [2.05, 4.69) is 10.8 Å². The topological polar surface area (TPSA) is 72.2 Å². The number of anilines is 1. The summed E-state index contributed by atoms with van der Waals surface area (Å²) in [5.41, 5.74) is 6.66. The zero-order valence-corrected chi connectivity index (χ0v) is 12.3. The van der Waals surface area contributed by atoms with Gasteiger partial charge in [0, 0.05) is 6.04 Å². The molecule has 0 heterocycles. The Morgan fingerprint density at radius 3 is 2.68 bits per heavy atom. The molecule has 3 N–H and O–H groups in total. The molecule has 19 heavy (non-hydrogen) atoms. The molecule has 0 spiro atoms. The van der Waals surface area contributed by atoms with E-state index in [1.165, 1.54) is 6.07 Å². The van der Waals surface area contributed by atoms with E-state index in [-0.39, 0.29) is 16.6 Å². The Bertz CT molecular complexity index is 588. The fraction of sp³-hybridized carbons (Fsp3) is 0.385. The highest BCUT2D eigenvalue weighted by Crippen LogP contribution is 2.27. The molecule has 2 rings (SSSR count). The number of hydrogen-bond acceptors (Lipinski definition) is 3. The van der Waals surface area contributed by atoms with Crippen LogP contribution in [0.5, 0.6) is 0 Å². The molecular weight excluding hydrogens is 284 g/mol. The maximum atomic E-state index is 12.3. The van der Waals surface area contributed by atoms with E-state index in [1.54, 1.807) is 13.0 Å². The minimum Gasteiger partial charge on any atom is -0.397 e. The van der Waals surface area contributed by atoms with Crippen molar-refractivity contribution in [1.82, 2.24) is 4.72 Å². The summed E-state index contributed by atoms with van der Waals surface area (Å²) in [6.45, 7) is 1.74. The van der Waals surface area contributed by atoms with Gasteiger partial charge >= 0.3 is 0 Å². The molecule has 1 aliphatic carbocycles. The smallest absolute Gasteiger partial charge is 0.240 e. The molecule has 0 radical (unpaired) electrons. The number of nitrogens with one attached hydrogen (secondary N) is 1. The second-order valence-corrected chi connectivity index (χ2v) is 6.84. The lowest BCUT2D eigenvalue weighted by molar-refractivity contribution is 0.522. The molecule has 0 aliphatic heterocycles. The largest absolute Gasteiger partial charge is 0.397 e. The predicted octanol–water partition coefficient (Wildman–Crippen LogP) is 2.62. The highest BCUT2D eigenvalue weighted by molar-refractivity contribution is 7.89. The first kappa shape index (κ1) is 14.4. The lowest BCUT2D eigenvalue weighted by atomic mass is 10.0. The van der Waals surface area contributed by atoms with Crippen LogP contribution >= 0.6 is 11.6 Å². The molecule has 1 aliphatic rings. The first-order valence-electron chi connectivity index (χ1n) is 6.13. The summed E-state index contributed by atoms with van der Waals surface area (Å²) in [4.78, 5) is 0.168. The number of benzene rings is 1. The molecule has 6 heteroatoms. The van der Waals surface area contributed by atoms with Gasteiger partial charge in [-0.15, -0.1) is 0 Å². The van der Waals surface area contributed by atoms with Gasteiger partial charge in [0.15, 0.2) is 0 Å². The second kappa shape index (κ2) is 5.53. The van der Waals surface area contributed by atoms with Crippen LogP contribution in [0.25, 0.3) is 0 Å². The Morgan fingerprint density at radius 1 is 1.37 bits per heavy atom. The van der Waals surface area contributed by atoms with Gasteiger partial charge in [-0.25, -0.2) is 13.1 Å². The van der Waals surface area contributed by atoms with Gasteiger partial charge in [-0.2, -0.15) is 0 Å². The number of aryl methyl sites for hydroxylation is 1. The van der Waals surface area contributed by atoms with Crippen molar-refractivity contribution in [1.29, 1.82) is 0 Å². The molecule has 0 amide bonds. The van der Waals surface area contributed by atoms with Crippen LogP contribution in [-0.2, 0) is 10.0 Å². The molecule has 1 atom stereocenters. The third-order valence-electron chi connectivity index (χ3n) is 3.16. The number of halogens is 1. The number of hydrogen-bond donors (Lipinski definition) is 2. The molecule has 1 unspecified atom stereocenters. The third-order valence-corrected chi connectivity index (χ3v) is 5.17. The van der Waals surface area contributed by atoms with E-state index < -0.39 is 10.0 Å². The van der Waals surface area contributed by atoms with Gasteiger partial charge < -0.3 is 5.73 Å². The van der Waals surface area contributed by atoms with Gasteiger partial charge in [0.1, 0.15) is 0 Å². The molecule has 0 saturated heterocycles. The van der Waals surface area contributed by atoms with Gasteiger partial charge in [0.05, 0.1) is 15.6 Å². The summed E-state index contributed by atoms with van der Waals surface area (Å²) in [6.07, 6.45) is 6.50. The van der Waals surface area contributed by atoms with Crippen molar-refractivity contribution in [2.24, 2.45) is 0 Å². The van der Waals surface area contributed by atoms with Crippen molar-refractivity contribution in [3.8, 4) is 0 Å². The van der Waals surface area contributed by atoms with Crippen LogP contribution < -0.4 is 10.5 Å². The van der Waals surface area contributed by atoms with Crippen LogP contribution in [0.4, 0.5) is 5.69 Å². The summed E-state index contributed by atoms with van der Waals surface area (Å²) in [5.74, 6) is 0. The van der Waals surface area contributed by atoms with Crippen molar-refractivity contribution in [3.05, 3.63) is 34.9 Å². The van der Waals surface area contributed by atoms with E-state index in [1.807, 2.05) is 6.08 Å². The van der Waals surface area contributed by atoms with Crippen molar-refractivity contribution in [3.63, 3.8) is 0 Å². The van der Waals surface area contributed by atoms with E-state index in [9.17, 15) is 8.42 Å². The van der Waals surface area contributed by atoms with Gasteiger partial charge in [0.25, 0.3) is 0 Å². The SMILES string of the molecule is Cc1cc(S(=O)(=O)NC2CC=CCC2)cc(N)c1Cl. The normalized spacial score (nSPS) is 19.6. The lowest BCUT2D eigenvalue weighted by Crippen LogP contribution is -2.35. The van der Waals surface area contributed by atoms with Crippen LogP contribution in [-0.4, -0.2) is 14.5 Å². The Morgan fingerprint density at radius 2 is 2.11 bits per heavy atom. The quantitative estimate of drug-likeness (QED) is 0.666. The van der Waals surface area contributed by atoms with Crippen molar-refractivity contribution in [2.75, 3.05) is 5.73 Å². The molecule has 4 nitrogen and oxygen atoms in total. The van der Waals surface area contributed by atoms with Crippen LogP contribution in [0.1, 0.15) is 24.8 Å². The Kier molecular flexibility index (Phi) is 4.18. The summed E-state index contributed by atoms with van der Waals surface area (Å²) in [7, 11) is -3.54. The van der Waals surface area contributed by atoms with E-state index in [0.29, 0.717) is 10.6 Å². The fourth-order valence-electron chi connectivity index (χ4n) is 2.11. The van der Waals surface area contributed by atoms with Gasteiger partial charge in [-0.1, -0.05) is 23.8 Å². The Balaban J connectivity index is 2.26. The molecule has 0 bridgehead atoms. The van der Waals surface area contributed by atoms with Gasteiger partial charge in [0.2, 0.25) is 10.0 Å². The summed E-state index contributed by atoms with van der Waals surface area (Å²) >= 11 is 5.94. The molecular formula is C13H17ClN2O2S. The fourth-order valence-corrected chi connectivity index (χ4v) is 3.62. The number of nitrogens with two attached hydrogens (primary N) is 1. The summed E-state index contributed by atoms with van der Waals surface area (Å²) in [5, 5.41) is 0.402. The number of nitrogen functional groups attached to an aromatic ring is 1. The van der Waals surface area contributed by atoms with Crippen molar-refractivity contribution < 1.29 is 8.42 Å². The van der Waals surface area contributed by atoms with Crippen molar-refractivity contribution >= 4 is 27.3 Å². The monoisotopic (exact) mass is 300 g/mol. The minimum absolute atomic E-state index is 0.0489. The number of sulfonamides is 1. The second-order valence-electron chi connectivity index (χ2n) is 4.75. The first-order valence-corrected chi connectivity index (χ1v) is 7.99. The van der Waals surface area contributed by atoms with Crippen LogP contribution in [0.2, 0.25) is 5.02 Å². The molecule has 1 aromatic rings. The maximum Gasteiger partial charge on any atom is 0.240 e. The van der Waals surface area contributed by atoms with Crippen LogP contribution in [0.15, 0.2) is 29.2 Å². The molecule has 0 aromatic heterocycles. The standard InChI is InChI=1S/C13H17ClN2O2S/c1-9-7-11(8-12(15)13(9)14)19(17,18)16-10-5-3-2-4-6-10/h2-3,7-8,10,16H,4-6,15H2,1H3. The minimum atomic E-state index is -3.54. The van der Waals surface area contributed by atoms with Crippen molar-refractivity contribution in [2.45, 2.75) is 37.1 Å². The zero-order chi connectivity index (χ0) is 14.0. The first-order chi connectivity index (χ1) is 8.90. The van der Waals surface area contributed by atoms with E-state index in [4.69, 9.17) is 17.3 Å². The lowest BCUT2D eigenvalue weighted by Gasteiger charge is -2.19.